The van der Waals surface area contributed by atoms with E-state index in [1.807, 2.05) is 39.0 Å². The van der Waals surface area contributed by atoms with Gasteiger partial charge in [-0.25, -0.2) is 0 Å². The van der Waals surface area contributed by atoms with Crippen LogP contribution in [0.5, 0.6) is 11.5 Å². The Morgan fingerprint density at radius 3 is 2.37 bits per heavy atom. The van der Waals surface area contributed by atoms with Crippen molar-refractivity contribution < 1.29 is 14.3 Å². The van der Waals surface area contributed by atoms with Crippen LogP contribution in [0.2, 0.25) is 0 Å². The number of nitrogens with one attached hydrogen (secondary N) is 1. The van der Waals surface area contributed by atoms with Crippen LogP contribution in [0.4, 0.5) is 0 Å². The van der Waals surface area contributed by atoms with Crippen LogP contribution in [0.3, 0.4) is 0 Å². The predicted octanol–water partition coefficient (Wildman–Crippen LogP) is 4.91. The van der Waals surface area contributed by atoms with Gasteiger partial charge in [0.05, 0.1) is 19.3 Å². The second-order valence-electron chi connectivity index (χ2n) is 6.80. The van der Waals surface area contributed by atoms with Crippen molar-refractivity contribution in [1.82, 2.24) is 5.32 Å². The molecule has 1 atom stereocenters. The molecule has 0 aromatic heterocycles. The lowest BCUT2D eigenvalue weighted by atomic mass is 10.00. The molecule has 0 unspecified atom stereocenters. The number of ether oxygens (including phenoxy) is 2. The Kier molecular flexibility index (Phi) is 7.71. The molecule has 0 radical (unpaired) electrons. The summed E-state index contributed by atoms with van der Waals surface area (Å²) in [5.74, 6) is 1.53. The third kappa shape index (κ3) is 6.02. The summed E-state index contributed by atoms with van der Waals surface area (Å²) in [5.41, 5.74) is 4.66. The van der Waals surface area contributed by atoms with Crippen LogP contribution in [0.25, 0.3) is 0 Å². The second kappa shape index (κ2) is 10.0. The lowest BCUT2D eigenvalue weighted by molar-refractivity contribution is -0.121. The molecule has 27 heavy (non-hydrogen) atoms. The highest BCUT2D eigenvalue weighted by Crippen LogP contribution is 2.29. The lowest BCUT2D eigenvalue weighted by Gasteiger charge is -2.17. The van der Waals surface area contributed by atoms with Crippen LogP contribution >= 0.6 is 0 Å². The van der Waals surface area contributed by atoms with E-state index in [0.717, 1.165) is 22.6 Å². The minimum Gasteiger partial charge on any atom is -0.490 e. The van der Waals surface area contributed by atoms with Gasteiger partial charge in [0, 0.05) is 6.42 Å². The first-order chi connectivity index (χ1) is 12.9. The molecule has 0 bridgehead atoms. The summed E-state index contributed by atoms with van der Waals surface area (Å²) in [6, 6.07) is 12.2. The molecule has 0 spiro atoms. The zero-order valence-electron chi connectivity index (χ0n) is 17.1. The number of amides is 1. The first kappa shape index (κ1) is 20.8. The van der Waals surface area contributed by atoms with Crippen LogP contribution in [-0.4, -0.2) is 19.1 Å². The van der Waals surface area contributed by atoms with Crippen molar-refractivity contribution in [1.29, 1.82) is 0 Å². The maximum atomic E-state index is 12.4. The van der Waals surface area contributed by atoms with Crippen molar-refractivity contribution in [2.75, 3.05) is 13.2 Å². The number of rotatable bonds is 9. The van der Waals surface area contributed by atoms with Crippen molar-refractivity contribution in [3.63, 3.8) is 0 Å². The van der Waals surface area contributed by atoms with Gasteiger partial charge in [0.15, 0.2) is 11.5 Å². The van der Waals surface area contributed by atoms with Crippen LogP contribution in [0.1, 0.15) is 55.5 Å². The smallest absolute Gasteiger partial charge is 0.220 e. The van der Waals surface area contributed by atoms with E-state index in [1.165, 1.54) is 11.1 Å². The molecule has 2 aromatic rings. The molecule has 146 valence electrons. The highest BCUT2D eigenvalue weighted by atomic mass is 16.5. The molecule has 0 heterocycles. The molecule has 1 N–H and O–H groups in total. The fourth-order valence-electron chi connectivity index (χ4n) is 3.21. The van der Waals surface area contributed by atoms with E-state index in [4.69, 9.17) is 9.47 Å². The predicted molar refractivity (Wildman–Crippen MR) is 110 cm³/mol. The molecule has 1 amide bonds. The molecule has 2 aromatic carbocycles. The fraction of sp³-hybridized carbons (Fsp3) is 0.435. The normalized spacial score (nSPS) is 11.7. The molecule has 0 saturated heterocycles. The van der Waals surface area contributed by atoms with Gasteiger partial charge in [-0.15, -0.1) is 0 Å². The SMILES string of the molecule is CCOc1ccc(CCC(=O)N[C@H](C)c2ccc(C)cc2C)cc1OCC. The van der Waals surface area contributed by atoms with Crippen LogP contribution < -0.4 is 14.8 Å². The molecule has 0 aliphatic carbocycles. The van der Waals surface area contributed by atoms with Gasteiger partial charge in [-0.05, 0) is 69.9 Å². The number of benzene rings is 2. The first-order valence-electron chi connectivity index (χ1n) is 9.69. The fourth-order valence-corrected chi connectivity index (χ4v) is 3.21. The Bertz CT molecular complexity index is 770. The molecular weight excluding hydrogens is 338 g/mol. The van der Waals surface area contributed by atoms with Crippen molar-refractivity contribution in [3.05, 3.63) is 58.7 Å². The lowest BCUT2D eigenvalue weighted by Crippen LogP contribution is -2.27. The summed E-state index contributed by atoms with van der Waals surface area (Å²) >= 11 is 0. The Hall–Kier alpha value is -2.49. The zero-order chi connectivity index (χ0) is 19.8. The average Bonchev–Trinajstić information content (AvgIpc) is 2.62. The Balaban J connectivity index is 1.95. The maximum Gasteiger partial charge on any atom is 0.220 e. The number of carbonyl (C=O) groups excluding carboxylic acids is 1. The van der Waals surface area contributed by atoms with Gasteiger partial charge >= 0.3 is 0 Å². The van der Waals surface area contributed by atoms with Gasteiger partial charge < -0.3 is 14.8 Å². The Morgan fingerprint density at radius 1 is 1.00 bits per heavy atom. The van der Waals surface area contributed by atoms with E-state index in [0.29, 0.717) is 26.1 Å². The highest BCUT2D eigenvalue weighted by Gasteiger charge is 2.13. The average molecular weight is 370 g/mol. The van der Waals surface area contributed by atoms with Crippen molar-refractivity contribution in [2.24, 2.45) is 0 Å². The Labute approximate surface area is 162 Å². The Morgan fingerprint density at radius 2 is 1.70 bits per heavy atom. The van der Waals surface area contributed by atoms with E-state index >= 15 is 0 Å². The van der Waals surface area contributed by atoms with Crippen LogP contribution in [0.15, 0.2) is 36.4 Å². The number of aryl methyl sites for hydroxylation is 3. The summed E-state index contributed by atoms with van der Waals surface area (Å²) in [4.78, 5) is 12.4. The van der Waals surface area contributed by atoms with Crippen molar-refractivity contribution in [2.45, 2.75) is 53.5 Å². The number of hydrogen-bond donors (Lipinski definition) is 1. The third-order valence-electron chi connectivity index (χ3n) is 4.52. The standard InChI is InChI=1S/C23H31NO3/c1-6-26-21-12-9-19(15-22(21)27-7-2)10-13-23(25)24-18(5)20-11-8-16(3)14-17(20)4/h8-9,11-12,14-15,18H,6-7,10,13H2,1-5H3,(H,24,25)/t18-/m1/s1. The topological polar surface area (TPSA) is 47.6 Å². The van der Waals surface area contributed by atoms with Crippen molar-refractivity contribution >= 4 is 5.91 Å². The molecular formula is C23H31NO3. The largest absolute Gasteiger partial charge is 0.490 e. The van der Waals surface area contributed by atoms with E-state index in [-0.39, 0.29) is 11.9 Å². The monoisotopic (exact) mass is 369 g/mol. The summed E-state index contributed by atoms with van der Waals surface area (Å²) < 4.78 is 11.2. The van der Waals surface area contributed by atoms with Crippen LogP contribution in [-0.2, 0) is 11.2 Å². The van der Waals surface area contributed by atoms with Gasteiger partial charge in [0.1, 0.15) is 0 Å². The van der Waals surface area contributed by atoms with Gasteiger partial charge in [-0.3, -0.25) is 4.79 Å². The third-order valence-corrected chi connectivity index (χ3v) is 4.52. The summed E-state index contributed by atoms with van der Waals surface area (Å²) in [7, 11) is 0. The molecule has 0 fully saturated rings. The van der Waals surface area contributed by atoms with E-state index in [9.17, 15) is 4.79 Å². The van der Waals surface area contributed by atoms with E-state index in [1.54, 1.807) is 0 Å². The van der Waals surface area contributed by atoms with Gasteiger partial charge in [0.25, 0.3) is 0 Å². The minimum absolute atomic E-state index is 0.00239. The quantitative estimate of drug-likeness (QED) is 0.683. The summed E-state index contributed by atoms with van der Waals surface area (Å²) in [6.07, 6.45) is 1.10. The summed E-state index contributed by atoms with van der Waals surface area (Å²) in [6.45, 7) is 11.3. The minimum atomic E-state index is -0.00239. The van der Waals surface area contributed by atoms with Gasteiger partial charge in [-0.1, -0.05) is 29.8 Å². The van der Waals surface area contributed by atoms with E-state index in [2.05, 4.69) is 37.4 Å². The molecule has 4 nitrogen and oxygen atoms in total. The molecule has 0 aliphatic rings. The highest BCUT2D eigenvalue weighted by molar-refractivity contribution is 5.76. The molecule has 4 heteroatoms. The zero-order valence-corrected chi connectivity index (χ0v) is 17.1. The maximum absolute atomic E-state index is 12.4. The van der Waals surface area contributed by atoms with Crippen LogP contribution in [0, 0.1) is 13.8 Å². The second-order valence-corrected chi connectivity index (χ2v) is 6.80. The molecule has 0 aliphatic heterocycles. The number of hydrogen-bond acceptors (Lipinski definition) is 3. The van der Waals surface area contributed by atoms with Gasteiger partial charge in [-0.2, -0.15) is 0 Å². The first-order valence-corrected chi connectivity index (χ1v) is 9.69. The van der Waals surface area contributed by atoms with E-state index < -0.39 is 0 Å². The summed E-state index contributed by atoms with van der Waals surface area (Å²) in [5, 5.41) is 3.10. The van der Waals surface area contributed by atoms with Gasteiger partial charge in [0.2, 0.25) is 5.91 Å². The number of carbonyl (C=O) groups is 1. The van der Waals surface area contributed by atoms with Crippen molar-refractivity contribution in [3.8, 4) is 11.5 Å². The molecule has 0 saturated carbocycles. The molecule has 2 rings (SSSR count).